The Balaban J connectivity index is 2.68. The minimum atomic E-state index is -0.984. The molecular weight excluding hydrogens is 372 g/mol. The number of thioether (sulfide) groups is 1. The number of ether oxygens (including phenoxy) is 3. The fourth-order valence-corrected chi connectivity index (χ4v) is 2.61. The van der Waals surface area contributed by atoms with Crippen LogP contribution in [-0.2, 0) is 30.4 Å². The second-order valence-corrected chi connectivity index (χ2v) is 6.57. The molecule has 1 aromatic rings. The Labute approximate surface area is 163 Å². The normalized spacial score (nSPS) is 12.6. The zero-order valence-corrected chi connectivity index (χ0v) is 16.5. The lowest BCUT2D eigenvalue weighted by atomic mass is 10.2. The molecule has 0 heterocycles. The van der Waals surface area contributed by atoms with Gasteiger partial charge in [-0.05, 0) is 24.0 Å². The molecule has 1 rings (SSSR count). The second kappa shape index (κ2) is 13.0. The summed E-state index contributed by atoms with van der Waals surface area (Å²) in [4.78, 5) is 36.3. The average molecular weight is 398 g/mol. The van der Waals surface area contributed by atoms with E-state index in [-0.39, 0.29) is 13.2 Å². The van der Waals surface area contributed by atoms with Gasteiger partial charge in [0.15, 0.2) is 6.04 Å². The highest BCUT2D eigenvalue weighted by molar-refractivity contribution is 7.98. The minimum absolute atomic E-state index is 0.0488. The molecule has 0 aliphatic rings. The van der Waals surface area contributed by atoms with Crippen molar-refractivity contribution < 1.29 is 28.6 Å². The first-order chi connectivity index (χ1) is 13.0. The van der Waals surface area contributed by atoms with Gasteiger partial charge in [-0.2, -0.15) is 11.8 Å². The quantitative estimate of drug-likeness (QED) is 0.542. The SMILES string of the molecule is COC[C@H](NC(=O)[C@H](CCSC)NC(=O)OC)C(=O)OCc1ccccc1. The first kappa shape index (κ1) is 22.8. The minimum Gasteiger partial charge on any atom is -0.459 e. The van der Waals surface area contributed by atoms with Gasteiger partial charge >= 0.3 is 12.1 Å². The van der Waals surface area contributed by atoms with Crippen LogP contribution in [-0.4, -0.2) is 62.9 Å². The Morgan fingerprint density at radius 2 is 1.78 bits per heavy atom. The highest BCUT2D eigenvalue weighted by atomic mass is 32.2. The first-order valence-corrected chi connectivity index (χ1v) is 9.74. The lowest BCUT2D eigenvalue weighted by Gasteiger charge is -2.21. The molecule has 2 N–H and O–H groups in total. The lowest BCUT2D eigenvalue weighted by Crippen LogP contribution is -2.53. The van der Waals surface area contributed by atoms with Crippen LogP contribution in [0.3, 0.4) is 0 Å². The predicted octanol–water partition coefficient (Wildman–Crippen LogP) is 1.34. The molecule has 27 heavy (non-hydrogen) atoms. The van der Waals surface area contributed by atoms with E-state index in [1.807, 2.05) is 36.6 Å². The van der Waals surface area contributed by atoms with Gasteiger partial charge in [-0.3, -0.25) is 4.79 Å². The van der Waals surface area contributed by atoms with Crippen molar-refractivity contribution in [3.05, 3.63) is 35.9 Å². The van der Waals surface area contributed by atoms with Crippen LogP contribution in [0.25, 0.3) is 0 Å². The molecule has 8 nitrogen and oxygen atoms in total. The fraction of sp³-hybridized carbons (Fsp3) is 0.500. The molecule has 0 aromatic heterocycles. The molecule has 1 aromatic carbocycles. The molecule has 0 saturated carbocycles. The van der Waals surface area contributed by atoms with E-state index in [1.54, 1.807) is 0 Å². The highest BCUT2D eigenvalue weighted by Gasteiger charge is 2.27. The summed E-state index contributed by atoms with van der Waals surface area (Å²) < 4.78 is 14.8. The molecule has 0 unspecified atom stereocenters. The summed E-state index contributed by atoms with van der Waals surface area (Å²) in [5.41, 5.74) is 0.832. The number of esters is 1. The molecule has 2 atom stereocenters. The summed E-state index contributed by atoms with van der Waals surface area (Å²) >= 11 is 1.53. The van der Waals surface area contributed by atoms with E-state index in [1.165, 1.54) is 26.0 Å². The van der Waals surface area contributed by atoms with Gasteiger partial charge in [-0.1, -0.05) is 30.3 Å². The van der Waals surface area contributed by atoms with E-state index >= 15 is 0 Å². The molecule has 0 spiro atoms. The van der Waals surface area contributed by atoms with Crippen LogP contribution in [0.1, 0.15) is 12.0 Å². The molecule has 2 amide bonds. The smallest absolute Gasteiger partial charge is 0.407 e. The Morgan fingerprint density at radius 3 is 2.37 bits per heavy atom. The van der Waals surface area contributed by atoms with Gasteiger partial charge in [-0.25, -0.2) is 9.59 Å². The summed E-state index contributed by atoms with van der Waals surface area (Å²) in [6.45, 7) is 0.0406. The number of amides is 2. The molecular formula is C18H26N2O6S. The lowest BCUT2D eigenvalue weighted by molar-refractivity contribution is -0.150. The number of rotatable bonds is 11. The molecule has 0 radical (unpaired) electrons. The van der Waals surface area contributed by atoms with Crippen LogP contribution in [0.4, 0.5) is 4.79 Å². The molecule has 150 valence electrons. The topological polar surface area (TPSA) is 103 Å². The third kappa shape index (κ3) is 8.78. The summed E-state index contributed by atoms with van der Waals surface area (Å²) in [5.74, 6) is -0.473. The van der Waals surface area contributed by atoms with Crippen molar-refractivity contribution in [2.45, 2.75) is 25.1 Å². The number of hydrogen-bond acceptors (Lipinski definition) is 7. The summed E-state index contributed by atoms with van der Waals surface area (Å²) in [7, 11) is 2.63. The zero-order chi connectivity index (χ0) is 20.1. The summed E-state index contributed by atoms with van der Waals surface area (Å²) in [5, 5.41) is 5.04. The summed E-state index contributed by atoms with van der Waals surface area (Å²) in [6.07, 6.45) is 1.56. The van der Waals surface area contributed by atoms with Crippen LogP contribution >= 0.6 is 11.8 Å². The van der Waals surface area contributed by atoms with Gasteiger partial charge < -0.3 is 24.8 Å². The largest absolute Gasteiger partial charge is 0.459 e. The molecule has 0 aliphatic heterocycles. The number of nitrogens with one attached hydrogen (secondary N) is 2. The van der Waals surface area contributed by atoms with Gasteiger partial charge in [0.2, 0.25) is 5.91 Å². The maximum Gasteiger partial charge on any atom is 0.407 e. The molecule has 0 bridgehead atoms. The van der Waals surface area contributed by atoms with Crippen LogP contribution in [0.2, 0.25) is 0 Å². The molecule has 0 aliphatic carbocycles. The van der Waals surface area contributed by atoms with Crippen LogP contribution < -0.4 is 10.6 Å². The Kier molecular flexibility index (Phi) is 11.0. The van der Waals surface area contributed by atoms with Gasteiger partial charge in [0, 0.05) is 7.11 Å². The number of methoxy groups -OCH3 is 2. The van der Waals surface area contributed by atoms with Crippen LogP contribution in [0.5, 0.6) is 0 Å². The van der Waals surface area contributed by atoms with Crippen LogP contribution in [0.15, 0.2) is 30.3 Å². The van der Waals surface area contributed by atoms with E-state index in [9.17, 15) is 14.4 Å². The van der Waals surface area contributed by atoms with Crippen LogP contribution in [0, 0.1) is 0 Å². The Hall–Kier alpha value is -2.26. The fourth-order valence-electron chi connectivity index (χ4n) is 2.14. The average Bonchev–Trinajstić information content (AvgIpc) is 2.69. The van der Waals surface area contributed by atoms with E-state index in [0.29, 0.717) is 12.2 Å². The zero-order valence-electron chi connectivity index (χ0n) is 15.7. The van der Waals surface area contributed by atoms with E-state index < -0.39 is 30.1 Å². The van der Waals surface area contributed by atoms with E-state index in [2.05, 4.69) is 15.4 Å². The van der Waals surface area contributed by atoms with Crippen molar-refractivity contribution in [1.29, 1.82) is 0 Å². The number of carbonyl (C=O) groups is 3. The monoisotopic (exact) mass is 398 g/mol. The van der Waals surface area contributed by atoms with Gasteiger partial charge in [0.1, 0.15) is 12.6 Å². The molecule has 0 fully saturated rings. The van der Waals surface area contributed by atoms with E-state index in [0.717, 1.165) is 5.56 Å². The number of benzene rings is 1. The third-order valence-electron chi connectivity index (χ3n) is 3.56. The van der Waals surface area contributed by atoms with Crippen molar-refractivity contribution in [2.24, 2.45) is 0 Å². The maximum atomic E-state index is 12.5. The standard InChI is InChI=1S/C18H26N2O6S/c1-24-12-15(17(22)26-11-13-7-5-4-6-8-13)19-16(21)14(9-10-27-3)20-18(23)25-2/h4-8,14-15H,9-12H2,1-3H3,(H,19,21)(H,20,23)/t14-,15-/m0/s1. The number of alkyl carbamates (subject to hydrolysis) is 1. The number of carbonyl (C=O) groups excluding carboxylic acids is 3. The third-order valence-corrected chi connectivity index (χ3v) is 4.21. The summed E-state index contributed by atoms with van der Waals surface area (Å²) in [6, 6.07) is 7.39. The number of hydrogen-bond donors (Lipinski definition) is 2. The maximum absolute atomic E-state index is 12.5. The van der Waals surface area contributed by atoms with Crippen molar-refractivity contribution in [2.75, 3.05) is 32.8 Å². The molecule has 0 saturated heterocycles. The van der Waals surface area contributed by atoms with Gasteiger partial charge in [-0.15, -0.1) is 0 Å². The molecule has 9 heteroatoms. The predicted molar refractivity (Wildman–Crippen MR) is 102 cm³/mol. The first-order valence-electron chi connectivity index (χ1n) is 8.35. The Bertz CT molecular complexity index is 599. The van der Waals surface area contributed by atoms with Crippen molar-refractivity contribution in [3.63, 3.8) is 0 Å². The second-order valence-electron chi connectivity index (χ2n) is 5.58. The van der Waals surface area contributed by atoms with Crippen molar-refractivity contribution in [1.82, 2.24) is 10.6 Å². The van der Waals surface area contributed by atoms with E-state index in [4.69, 9.17) is 9.47 Å². The highest BCUT2D eigenvalue weighted by Crippen LogP contribution is 2.05. The van der Waals surface area contributed by atoms with Gasteiger partial charge in [0.25, 0.3) is 0 Å². The van der Waals surface area contributed by atoms with Gasteiger partial charge in [0.05, 0.1) is 13.7 Å². The Morgan fingerprint density at radius 1 is 1.07 bits per heavy atom. The van der Waals surface area contributed by atoms with Crippen molar-refractivity contribution >= 4 is 29.7 Å². The van der Waals surface area contributed by atoms with Crippen molar-refractivity contribution in [3.8, 4) is 0 Å².